The zero-order chi connectivity index (χ0) is 11.3. The maximum Gasteiger partial charge on any atom is 0.274 e. The molecule has 0 aliphatic carbocycles. The zero-order valence-electron chi connectivity index (χ0n) is 8.79. The van der Waals surface area contributed by atoms with E-state index in [2.05, 4.69) is 5.48 Å². The largest absolute Gasteiger partial charge is 0.274 e. The molecule has 0 heterocycles. The molecule has 1 aromatic rings. The molecule has 0 saturated heterocycles. The quantitative estimate of drug-likeness (QED) is 0.804. The summed E-state index contributed by atoms with van der Waals surface area (Å²) in [4.78, 5) is 16.5. The van der Waals surface area contributed by atoms with E-state index in [0.29, 0.717) is 23.1 Å². The molecule has 1 N–H and O–H groups in total. The van der Waals surface area contributed by atoms with E-state index in [-0.39, 0.29) is 5.91 Å². The molecule has 0 spiro atoms. The van der Waals surface area contributed by atoms with Crippen molar-refractivity contribution in [2.24, 2.45) is 5.92 Å². The summed E-state index contributed by atoms with van der Waals surface area (Å²) in [5, 5.41) is 0.534. The second-order valence-corrected chi connectivity index (χ2v) is 4.08. The van der Waals surface area contributed by atoms with Crippen LogP contribution in [0.2, 0.25) is 5.02 Å². The van der Waals surface area contributed by atoms with Crippen molar-refractivity contribution < 1.29 is 9.63 Å². The van der Waals surface area contributed by atoms with Gasteiger partial charge in [0.25, 0.3) is 5.91 Å². The lowest BCUT2D eigenvalue weighted by Gasteiger charge is -2.07. The van der Waals surface area contributed by atoms with Gasteiger partial charge in [-0.3, -0.25) is 9.63 Å². The molecule has 0 saturated carbocycles. The smallest absolute Gasteiger partial charge is 0.273 e. The topological polar surface area (TPSA) is 38.3 Å². The fourth-order valence-corrected chi connectivity index (χ4v) is 1.15. The molecule has 0 fully saturated rings. The van der Waals surface area contributed by atoms with Gasteiger partial charge < -0.3 is 0 Å². The highest BCUT2D eigenvalue weighted by atomic mass is 35.5. The van der Waals surface area contributed by atoms with Crippen molar-refractivity contribution >= 4 is 17.5 Å². The van der Waals surface area contributed by atoms with Gasteiger partial charge in [0.15, 0.2) is 0 Å². The van der Waals surface area contributed by atoms with Crippen molar-refractivity contribution in [3.8, 4) is 0 Å². The highest BCUT2D eigenvalue weighted by Gasteiger charge is 2.05. The van der Waals surface area contributed by atoms with Gasteiger partial charge >= 0.3 is 0 Å². The molecule has 1 rings (SSSR count). The molecule has 0 aliphatic rings. The number of carbonyl (C=O) groups excluding carboxylic acids is 1. The number of hydrogen-bond acceptors (Lipinski definition) is 2. The summed E-state index contributed by atoms with van der Waals surface area (Å²) < 4.78 is 0. The molecule has 82 valence electrons. The fraction of sp³-hybridized carbons (Fsp3) is 0.364. The van der Waals surface area contributed by atoms with Crippen LogP contribution in [0.15, 0.2) is 24.3 Å². The van der Waals surface area contributed by atoms with Crippen LogP contribution in [-0.4, -0.2) is 12.5 Å². The summed E-state index contributed by atoms with van der Waals surface area (Å²) >= 11 is 5.75. The van der Waals surface area contributed by atoms with Gasteiger partial charge in [-0.15, -0.1) is 0 Å². The van der Waals surface area contributed by atoms with Crippen LogP contribution < -0.4 is 5.48 Å². The van der Waals surface area contributed by atoms with Gasteiger partial charge in [0.1, 0.15) is 0 Å². The van der Waals surface area contributed by atoms with E-state index in [1.807, 2.05) is 13.8 Å². The van der Waals surface area contributed by atoms with Crippen LogP contribution >= 0.6 is 11.6 Å². The van der Waals surface area contributed by atoms with Crippen LogP contribution in [0.5, 0.6) is 0 Å². The molecule has 3 nitrogen and oxygen atoms in total. The first kappa shape index (κ1) is 12.0. The highest BCUT2D eigenvalue weighted by molar-refractivity contribution is 6.30. The molecule has 1 aromatic carbocycles. The number of hydrogen-bond donors (Lipinski definition) is 1. The number of amides is 1. The minimum atomic E-state index is -0.279. The Morgan fingerprint density at radius 1 is 1.53 bits per heavy atom. The lowest BCUT2D eigenvalue weighted by Crippen LogP contribution is -2.25. The van der Waals surface area contributed by atoms with Crippen molar-refractivity contribution in [2.75, 3.05) is 6.61 Å². The molecule has 1 amide bonds. The maximum absolute atomic E-state index is 11.5. The van der Waals surface area contributed by atoms with Gasteiger partial charge in [-0.2, -0.15) is 0 Å². The monoisotopic (exact) mass is 227 g/mol. The second kappa shape index (κ2) is 5.73. The van der Waals surface area contributed by atoms with Gasteiger partial charge in [-0.05, 0) is 24.1 Å². The van der Waals surface area contributed by atoms with Crippen LogP contribution in [-0.2, 0) is 4.84 Å². The van der Waals surface area contributed by atoms with E-state index >= 15 is 0 Å². The normalized spacial score (nSPS) is 10.4. The molecular formula is C11H14ClNO2. The predicted octanol–water partition coefficient (Wildman–Crippen LogP) is 2.66. The SMILES string of the molecule is CC(C)CONC(=O)c1cccc(Cl)c1. The third kappa shape index (κ3) is 4.32. The van der Waals surface area contributed by atoms with E-state index in [0.717, 1.165) is 0 Å². The van der Waals surface area contributed by atoms with Gasteiger partial charge in [0.2, 0.25) is 0 Å². The number of benzene rings is 1. The molecule has 0 aromatic heterocycles. The van der Waals surface area contributed by atoms with Crippen LogP contribution in [0, 0.1) is 5.92 Å². The van der Waals surface area contributed by atoms with Gasteiger partial charge in [-0.25, -0.2) is 5.48 Å². The second-order valence-electron chi connectivity index (χ2n) is 3.65. The minimum Gasteiger partial charge on any atom is -0.273 e. The molecule has 15 heavy (non-hydrogen) atoms. The van der Waals surface area contributed by atoms with Gasteiger partial charge in [-0.1, -0.05) is 31.5 Å². The van der Waals surface area contributed by atoms with E-state index in [1.54, 1.807) is 24.3 Å². The Hall–Kier alpha value is -1.06. The van der Waals surface area contributed by atoms with Crippen LogP contribution in [0.3, 0.4) is 0 Å². The number of carbonyl (C=O) groups is 1. The van der Waals surface area contributed by atoms with Crippen molar-refractivity contribution in [1.29, 1.82) is 0 Å². The third-order valence-electron chi connectivity index (χ3n) is 1.67. The first-order valence-corrected chi connectivity index (χ1v) is 5.15. The first-order valence-electron chi connectivity index (χ1n) is 4.77. The van der Waals surface area contributed by atoms with Crippen molar-refractivity contribution in [3.05, 3.63) is 34.9 Å². The summed E-state index contributed by atoms with van der Waals surface area (Å²) in [5.41, 5.74) is 2.85. The average molecular weight is 228 g/mol. The molecule has 0 unspecified atom stereocenters. The van der Waals surface area contributed by atoms with Crippen molar-refractivity contribution in [1.82, 2.24) is 5.48 Å². The van der Waals surface area contributed by atoms with Crippen LogP contribution in [0.25, 0.3) is 0 Å². The number of rotatable bonds is 4. The Morgan fingerprint density at radius 3 is 2.87 bits per heavy atom. The number of nitrogens with one attached hydrogen (secondary N) is 1. The maximum atomic E-state index is 11.5. The molecule has 0 aliphatic heterocycles. The summed E-state index contributed by atoms with van der Waals surface area (Å²) in [6, 6.07) is 6.71. The Labute approximate surface area is 94.3 Å². The lowest BCUT2D eigenvalue weighted by molar-refractivity contribution is 0.0208. The van der Waals surface area contributed by atoms with E-state index in [4.69, 9.17) is 16.4 Å². The Morgan fingerprint density at radius 2 is 2.27 bits per heavy atom. The van der Waals surface area contributed by atoms with Crippen LogP contribution in [0.4, 0.5) is 0 Å². The van der Waals surface area contributed by atoms with E-state index < -0.39 is 0 Å². The Balaban J connectivity index is 2.47. The lowest BCUT2D eigenvalue weighted by atomic mass is 10.2. The summed E-state index contributed by atoms with van der Waals surface area (Å²) in [5.74, 6) is 0.0998. The van der Waals surface area contributed by atoms with E-state index in [9.17, 15) is 4.79 Å². The first-order chi connectivity index (χ1) is 7.09. The molecule has 4 heteroatoms. The Kier molecular flexibility index (Phi) is 4.59. The number of hydroxylamine groups is 1. The van der Waals surface area contributed by atoms with E-state index in [1.165, 1.54) is 0 Å². The van der Waals surface area contributed by atoms with Crippen LogP contribution in [0.1, 0.15) is 24.2 Å². The summed E-state index contributed by atoms with van der Waals surface area (Å²) in [6.45, 7) is 4.50. The fourth-order valence-electron chi connectivity index (χ4n) is 0.963. The third-order valence-corrected chi connectivity index (χ3v) is 1.90. The molecule has 0 bridgehead atoms. The minimum absolute atomic E-state index is 0.279. The van der Waals surface area contributed by atoms with Crippen molar-refractivity contribution in [3.63, 3.8) is 0 Å². The highest BCUT2D eigenvalue weighted by Crippen LogP contribution is 2.10. The summed E-state index contributed by atoms with van der Waals surface area (Å²) in [6.07, 6.45) is 0. The Bertz CT molecular complexity index is 339. The molecule has 0 radical (unpaired) electrons. The predicted molar refractivity (Wildman–Crippen MR) is 59.7 cm³/mol. The summed E-state index contributed by atoms with van der Waals surface area (Å²) in [7, 11) is 0. The molecular weight excluding hydrogens is 214 g/mol. The van der Waals surface area contributed by atoms with Gasteiger partial charge in [0.05, 0.1) is 6.61 Å². The molecule has 0 atom stereocenters. The van der Waals surface area contributed by atoms with Gasteiger partial charge in [0, 0.05) is 10.6 Å². The number of halogens is 1. The zero-order valence-corrected chi connectivity index (χ0v) is 9.54. The standard InChI is InChI=1S/C11H14ClNO2/c1-8(2)7-15-13-11(14)9-4-3-5-10(12)6-9/h3-6,8H,7H2,1-2H3,(H,13,14). The van der Waals surface area contributed by atoms with Crippen molar-refractivity contribution in [2.45, 2.75) is 13.8 Å². The average Bonchev–Trinajstić information content (AvgIpc) is 2.17.